The number of aliphatic hydroxyl groups excluding tert-OH is 1. The number of carbonyl (C=O) groups excluding carboxylic acids is 1. The van der Waals surface area contributed by atoms with E-state index in [9.17, 15) is 14.3 Å². The van der Waals surface area contributed by atoms with Crippen molar-refractivity contribution in [3.05, 3.63) is 24.7 Å². The van der Waals surface area contributed by atoms with Crippen LogP contribution in [0.4, 0.5) is 4.39 Å². The third kappa shape index (κ3) is 2.24. The SMILES string of the molecule is C=C1NC(=O)C=CN1[C@@H]1O[C@H](OCC)[C@H](O)C1F. The molecule has 0 spiro atoms. The molecule has 1 amide bonds. The van der Waals surface area contributed by atoms with E-state index in [1.54, 1.807) is 6.92 Å². The summed E-state index contributed by atoms with van der Waals surface area (Å²) in [6.45, 7) is 5.61. The topological polar surface area (TPSA) is 71.0 Å². The maximum absolute atomic E-state index is 13.9. The number of hydrogen-bond donors (Lipinski definition) is 2. The number of rotatable bonds is 3. The molecule has 0 bridgehead atoms. The predicted molar refractivity (Wildman–Crippen MR) is 59.5 cm³/mol. The molecule has 1 fully saturated rings. The molecule has 2 aliphatic heterocycles. The van der Waals surface area contributed by atoms with Crippen LogP contribution in [0.15, 0.2) is 24.7 Å². The number of hydrogen-bond acceptors (Lipinski definition) is 5. The van der Waals surface area contributed by atoms with E-state index in [4.69, 9.17) is 9.47 Å². The van der Waals surface area contributed by atoms with Crippen LogP contribution >= 0.6 is 0 Å². The first kappa shape index (κ1) is 13.0. The molecule has 2 N–H and O–H groups in total. The Bertz CT molecular complexity index is 387. The standard InChI is InChI=1S/C11H15FN2O4/c1-3-17-11-9(16)8(12)10(18-11)14-5-4-7(15)13-6(14)2/h4-5,8-11,16H,2-3H2,1H3,(H,13,15)/t8?,9-,10-,11+/m1/s1. The summed E-state index contributed by atoms with van der Waals surface area (Å²) in [5.74, 6) is -0.147. The molecular formula is C11H15FN2O4. The van der Waals surface area contributed by atoms with Gasteiger partial charge in [0.1, 0.15) is 11.9 Å². The summed E-state index contributed by atoms with van der Waals surface area (Å²) in [4.78, 5) is 12.4. The monoisotopic (exact) mass is 258 g/mol. The van der Waals surface area contributed by atoms with Crippen LogP contribution in [0.25, 0.3) is 0 Å². The summed E-state index contributed by atoms with van der Waals surface area (Å²) < 4.78 is 24.3. The van der Waals surface area contributed by atoms with Crippen LogP contribution in [-0.2, 0) is 14.3 Å². The number of ether oxygens (including phenoxy) is 2. The van der Waals surface area contributed by atoms with Gasteiger partial charge in [-0.1, -0.05) is 6.58 Å². The van der Waals surface area contributed by atoms with Crippen molar-refractivity contribution in [2.45, 2.75) is 31.7 Å². The van der Waals surface area contributed by atoms with Gasteiger partial charge in [-0.15, -0.1) is 0 Å². The molecule has 2 heterocycles. The lowest BCUT2D eigenvalue weighted by molar-refractivity contribution is -0.177. The third-order valence-corrected chi connectivity index (χ3v) is 2.72. The Balaban J connectivity index is 2.12. The van der Waals surface area contributed by atoms with Gasteiger partial charge in [0, 0.05) is 18.9 Å². The Morgan fingerprint density at radius 2 is 2.44 bits per heavy atom. The Hall–Kier alpha value is -1.44. The zero-order valence-corrected chi connectivity index (χ0v) is 9.88. The molecule has 0 saturated carbocycles. The van der Waals surface area contributed by atoms with E-state index < -0.39 is 24.8 Å². The molecule has 2 rings (SSSR count). The number of halogens is 1. The van der Waals surface area contributed by atoms with Crippen molar-refractivity contribution in [1.29, 1.82) is 0 Å². The molecule has 0 radical (unpaired) electrons. The highest BCUT2D eigenvalue weighted by Gasteiger charge is 2.48. The molecule has 100 valence electrons. The normalized spacial score (nSPS) is 36.1. The van der Waals surface area contributed by atoms with E-state index in [1.807, 2.05) is 0 Å². The van der Waals surface area contributed by atoms with E-state index in [0.29, 0.717) is 6.61 Å². The van der Waals surface area contributed by atoms with Crippen molar-refractivity contribution in [2.75, 3.05) is 6.61 Å². The lowest BCUT2D eigenvalue weighted by Gasteiger charge is -2.31. The number of carbonyl (C=O) groups is 1. The zero-order valence-electron chi connectivity index (χ0n) is 9.88. The summed E-state index contributed by atoms with van der Waals surface area (Å²) in [5, 5.41) is 12.1. The van der Waals surface area contributed by atoms with Gasteiger partial charge in [0.25, 0.3) is 5.91 Å². The Morgan fingerprint density at radius 3 is 3.06 bits per heavy atom. The summed E-state index contributed by atoms with van der Waals surface area (Å²) in [6, 6.07) is 0. The van der Waals surface area contributed by atoms with Gasteiger partial charge in [-0.3, -0.25) is 4.79 Å². The van der Waals surface area contributed by atoms with E-state index in [0.717, 1.165) is 0 Å². The lowest BCUT2D eigenvalue weighted by atomic mass is 10.2. The Labute approximate surface area is 104 Å². The van der Waals surface area contributed by atoms with Crippen molar-refractivity contribution < 1.29 is 23.8 Å². The second-order valence-corrected chi connectivity index (χ2v) is 3.94. The fourth-order valence-corrected chi connectivity index (χ4v) is 1.86. The van der Waals surface area contributed by atoms with Crippen molar-refractivity contribution in [3.63, 3.8) is 0 Å². The van der Waals surface area contributed by atoms with Crippen LogP contribution < -0.4 is 5.32 Å². The molecule has 2 aliphatic rings. The molecule has 0 aromatic heterocycles. The quantitative estimate of drug-likeness (QED) is 0.735. The first-order valence-corrected chi connectivity index (χ1v) is 5.60. The summed E-state index contributed by atoms with van der Waals surface area (Å²) in [5.41, 5.74) is 0. The predicted octanol–water partition coefficient (Wildman–Crippen LogP) is -0.179. The van der Waals surface area contributed by atoms with Gasteiger partial charge in [0.05, 0.1) is 0 Å². The summed E-state index contributed by atoms with van der Waals surface area (Å²) >= 11 is 0. The maximum Gasteiger partial charge on any atom is 0.250 e. The summed E-state index contributed by atoms with van der Waals surface area (Å²) in [6.07, 6.45) is -2.52. The van der Waals surface area contributed by atoms with Crippen LogP contribution in [0.5, 0.6) is 0 Å². The molecule has 4 atom stereocenters. The van der Waals surface area contributed by atoms with E-state index in [1.165, 1.54) is 17.2 Å². The Morgan fingerprint density at radius 1 is 1.72 bits per heavy atom. The van der Waals surface area contributed by atoms with Crippen LogP contribution in [0.2, 0.25) is 0 Å². The lowest BCUT2D eigenvalue weighted by Crippen LogP contribution is -2.45. The van der Waals surface area contributed by atoms with Crippen molar-refractivity contribution in [1.82, 2.24) is 10.2 Å². The zero-order chi connectivity index (χ0) is 13.3. The number of alkyl halides is 1. The number of amides is 1. The molecular weight excluding hydrogens is 243 g/mol. The fraction of sp³-hybridized carbons (Fsp3) is 0.545. The molecule has 7 heteroatoms. The largest absolute Gasteiger partial charge is 0.385 e. The second-order valence-electron chi connectivity index (χ2n) is 3.94. The number of aliphatic hydroxyl groups is 1. The second kappa shape index (κ2) is 5.05. The van der Waals surface area contributed by atoms with Crippen LogP contribution in [0, 0.1) is 0 Å². The molecule has 0 aromatic carbocycles. The fourth-order valence-electron chi connectivity index (χ4n) is 1.86. The number of nitrogens with one attached hydrogen (secondary N) is 1. The molecule has 1 saturated heterocycles. The van der Waals surface area contributed by atoms with E-state index in [-0.39, 0.29) is 11.7 Å². The van der Waals surface area contributed by atoms with E-state index >= 15 is 0 Å². The van der Waals surface area contributed by atoms with Gasteiger partial charge >= 0.3 is 0 Å². The van der Waals surface area contributed by atoms with Crippen LogP contribution in [0.3, 0.4) is 0 Å². The van der Waals surface area contributed by atoms with Crippen LogP contribution in [0.1, 0.15) is 6.92 Å². The van der Waals surface area contributed by atoms with Gasteiger partial charge in [0.2, 0.25) is 0 Å². The first-order chi connectivity index (χ1) is 8.54. The molecule has 1 unspecified atom stereocenters. The molecule has 18 heavy (non-hydrogen) atoms. The highest BCUT2D eigenvalue weighted by Crippen LogP contribution is 2.29. The minimum absolute atomic E-state index is 0.194. The summed E-state index contributed by atoms with van der Waals surface area (Å²) in [7, 11) is 0. The van der Waals surface area contributed by atoms with Crippen molar-refractivity contribution in [2.24, 2.45) is 0 Å². The van der Waals surface area contributed by atoms with Gasteiger partial charge in [-0.2, -0.15) is 0 Å². The van der Waals surface area contributed by atoms with Gasteiger partial charge in [-0.25, -0.2) is 4.39 Å². The average molecular weight is 258 g/mol. The third-order valence-electron chi connectivity index (χ3n) is 2.72. The molecule has 6 nitrogen and oxygen atoms in total. The maximum atomic E-state index is 13.9. The average Bonchev–Trinajstić information content (AvgIpc) is 2.58. The van der Waals surface area contributed by atoms with Crippen LogP contribution in [-0.4, -0.2) is 47.3 Å². The highest BCUT2D eigenvalue weighted by atomic mass is 19.1. The number of nitrogens with zero attached hydrogens (tertiary/aromatic N) is 1. The Kier molecular flexibility index (Phi) is 3.65. The smallest absolute Gasteiger partial charge is 0.250 e. The molecule has 0 aromatic rings. The van der Waals surface area contributed by atoms with Gasteiger partial charge in [0.15, 0.2) is 18.7 Å². The van der Waals surface area contributed by atoms with Crippen molar-refractivity contribution >= 4 is 5.91 Å². The minimum atomic E-state index is -1.65. The first-order valence-electron chi connectivity index (χ1n) is 5.60. The minimum Gasteiger partial charge on any atom is -0.385 e. The van der Waals surface area contributed by atoms with E-state index in [2.05, 4.69) is 11.9 Å². The van der Waals surface area contributed by atoms with Gasteiger partial charge < -0.3 is 24.8 Å². The highest BCUT2D eigenvalue weighted by molar-refractivity contribution is 5.89. The van der Waals surface area contributed by atoms with Crippen molar-refractivity contribution in [3.8, 4) is 0 Å². The molecule has 0 aliphatic carbocycles. The van der Waals surface area contributed by atoms with Gasteiger partial charge in [-0.05, 0) is 6.92 Å².